The second-order valence-electron chi connectivity index (χ2n) is 5.63. The number of hydrogen-bond acceptors (Lipinski definition) is 3. The lowest BCUT2D eigenvalue weighted by Gasteiger charge is -2.07. The molecular formula is C19H17N3O3. The number of carboxylic acid groups (broad SMARTS) is 1. The summed E-state index contributed by atoms with van der Waals surface area (Å²) in [5.74, 6) is -1.36. The molecule has 0 radical (unpaired) electrons. The van der Waals surface area contributed by atoms with Crippen molar-refractivity contribution in [2.75, 3.05) is 5.32 Å². The van der Waals surface area contributed by atoms with Gasteiger partial charge in [0.05, 0.1) is 23.9 Å². The number of rotatable bonds is 5. The van der Waals surface area contributed by atoms with Crippen LogP contribution in [0.2, 0.25) is 0 Å². The van der Waals surface area contributed by atoms with Crippen LogP contribution in [-0.2, 0) is 6.54 Å². The van der Waals surface area contributed by atoms with Gasteiger partial charge in [0.15, 0.2) is 0 Å². The van der Waals surface area contributed by atoms with E-state index in [0.29, 0.717) is 17.8 Å². The highest BCUT2D eigenvalue weighted by molar-refractivity contribution is 6.05. The van der Waals surface area contributed by atoms with Crippen LogP contribution in [0, 0.1) is 6.92 Å². The summed E-state index contributed by atoms with van der Waals surface area (Å²) in [4.78, 5) is 23.5. The molecule has 1 aromatic heterocycles. The summed E-state index contributed by atoms with van der Waals surface area (Å²) in [6, 6.07) is 16.0. The second-order valence-corrected chi connectivity index (χ2v) is 5.63. The minimum absolute atomic E-state index is 0.120. The van der Waals surface area contributed by atoms with Crippen molar-refractivity contribution in [3.8, 4) is 0 Å². The van der Waals surface area contributed by atoms with Crippen molar-refractivity contribution in [1.29, 1.82) is 0 Å². The predicted molar refractivity (Wildman–Crippen MR) is 93.9 cm³/mol. The van der Waals surface area contributed by atoms with E-state index in [1.54, 1.807) is 16.8 Å². The fraction of sp³-hybridized carbons (Fsp3) is 0.105. The van der Waals surface area contributed by atoms with E-state index in [1.165, 1.54) is 18.3 Å². The molecule has 0 aliphatic carbocycles. The Kier molecular flexibility index (Phi) is 4.61. The molecule has 3 aromatic rings. The SMILES string of the molecule is Cc1c(C(=O)Nc2cccc(C(=O)O)c2)cnn1Cc1ccccc1. The maximum Gasteiger partial charge on any atom is 0.335 e. The molecule has 2 aromatic carbocycles. The largest absolute Gasteiger partial charge is 0.478 e. The topological polar surface area (TPSA) is 84.2 Å². The van der Waals surface area contributed by atoms with Gasteiger partial charge in [0.25, 0.3) is 5.91 Å². The molecule has 0 fully saturated rings. The molecule has 1 amide bonds. The Morgan fingerprint density at radius 2 is 1.88 bits per heavy atom. The Bertz CT molecular complexity index is 917. The molecule has 25 heavy (non-hydrogen) atoms. The van der Waals surface area contributed by atoms with Gasteiger partial charge in [-0.3, -0.25) is 9.48 Å². The average molecular weight is 335 g/mol. The highest BCUT2D eigenvalue weighted by atomic mass is 16.4. The van der Waals surface area contributed by atoms with E-state index in [0.717, 1.165) is 11.3 Å². The molecule has 0 saturated heterocycles. The lowest BCUT2D eigenvalue weighted by Crippen LogP contribution is -2.14. The van der Waals surface area contributed by atoms with Crippen LogP contribution in [0.25, 0.3) is 0 Å². The van der Waals surface area contributed by atoms with Gasteiger partial charge in [-0.25, -0.2) is 4.79 Å². The average Bonchev–Trinajstić information content (AvgIpc) is 2.97. The predicted octanol–water partition coefficient (Wildman–Crippen LogP) is 3.19. The number of hydrogen-bond donors (Lipinski definition) is 2. The second kappa shape index (κ2) is 7.00. The van der Waals surface area contributed by atoms with Gasteiger partial charge in [0, 0.05) is 11.4 Å². The maximum atomic E-state index is 12.5. The van der Waals surface area contributed by atoms with Gasteiger partial charge in [0.2, 0.25) is 0 Å². The highest BCUT2D eigenvalue weighted by Gasteiger charge is 2.15. The normalized spacial score (nSPS) is 10.4. The van der Waals surface area contributed by atoms with E-state index in [9.17, 15) is 9.59 Å². The molecule has 2 N–H and O–H groups in total. The van der Waals surface area contributed by atoms with Crippen LogP contribution in [0.1, 0.15) is 32.0 Å². The monoisotopic (exact) mass is 335 g/mol. The van der Waals surface area contributed by atoms with Crippen molar-refractivity contribution < 1.29 is 14.7 Å². The van der Waals surface area contributed by atoms with Gasteiger partial charge in [-0.2, -0.15) is 5.10 Å². The van der Waals surface area contributed by atoms with E-state index in [-0.39, 0.29) is 11.5 Å². The van der Waals surface area contributed by atoms with Crippen LogP contribution in [-0.4, -0.2) is 26.8 Å². The molecule has 6 heteroatoms. The number of anilines is 1. The number of amides is 1. The number of carbonyl (C=O) groups excluding carboxylic acids is 1. The summed E-state index contributed by atoms with van der Waals surface area (Å²) in [6.07, 6.45) is 1.52. The summed E-state index contributed by atoms with van der Waals surface area (Å²) >= 11 is 0. The van der Waals surface area contributed by atoms with E-state index in [4.69, 9.17) is 5.11 Å². The summed E-state index contributed by atoms with van der Waals surface area (Å²) < 4.78 is 1.76. The summed E-state index contributed by atoms with van der Waals surface area (Å²) in [5.41, 5.74) is 2.84. The number of carbonyl (C=O) groups is 2. The third-order valence-corrected chi connectivity index (χ3v) is 3.89. The van der Waals surface area contributed by atoms with E-state index in [2.05, 4.69) is 10.4 Å². The molecule has 6 nitrogen and oxygen atoms in total. The maximum absolute atomic E-state index is 12.5. The Hall–Kier alpha value is -3.41. The Balaban J connectivity index is 1.77. The van der Waals surface area contributed by atoms with Gasteiger partial charge in [-0.05, 0) is 30.7 Å². The minimum Gasteiger partial charge on any atom is -0.478 e. The van der Waals surface area contributed by atoms with Crippen molar-refractivity contribution in [3.05, 3.63) is 83.2 Å². The van der Waals surface area contributed by atoms with E-state index in [1.807, 2.05) is 37.3 Å². The fourth-order valence-corrected chi connectivity index (χ4v) is 2.51. The van der Waals surface area contributed by atoms with E-state index < -0.39 is 5.97 Å². The van der Waals surface area contributed by atoms with Crippen LogP contribution < -0.4 is 5.32 Å². The Labute approximate surface area is 144 Å². The molecule has 0 spiro atoms. The standard InChI is InChI=1S/C19H17N3O3/c1-13-17(11-20-22(13)12-14-6-3-2-4-7-14)18(23)21-16-9-5-8-15(10-16)19(24)25/h2-11H,12H2,1H3,(H,21,23)(H,24,25). The Morgan fingerprint density at radius 3 is 2.60 bits per heavy atom. The molecule has 0 saturated carbocycles. The van der Waals surface area contributed by atoms with Crippen LogP contribution in [0.3, 0.4) is 0 Å². The van der Waals surface area contributed by atoms with Gasteiger partial charge >= 0.3 is 5.97 Å². The summed E-state index contributed by atoms with van der Waals surface area (Å²) in [7, 11) is 0. The lowest BCUT2D eigenvalue weighted by atomic mass is 10.2. The van der Waals surface area contributed by atoms with Gasteiger partial charge in [-0.1, -0.05) is 36.4 Å². The molecule has 0 bridgehead atoms. The van der Waals surface area contributed by atoms with Crippen molar-refractivity contribution >= 4 is 17.6 Å². The zero-order chi connectivity index (χ0) is 17.8. The number of nitrogens with zero attached hydrogens (tertiary/aromatic N) is 2. The molecule has 3 rings (SSSR count). The quantitative estimate of drug-likeness (QED) is 0.750. The van der Waals surface area contributed by atoms with Crippen molar-refractivity contribution in [3.63, 3.8) is 0 Å². The lowest BCUT2D eigenvalue weighted by molar-refractivity contribution is 0.0696. The fourth-order valence-electron chi connectivity index (χ4n) is 2.51. The van der Waals surface area contributed by atoms with Gasteiger partial charge < -0.3 is 10.4 Å². The number of aromatic nitrogens is 2. The number of nitrogens with one attached hydrogen (secondary N) is 1. The first-order chi connectivity index (χ1) is 12.0. The zero-order valence-electron chi connectivity index (χ0n) is 13.6. The molecule has 1 heterocycles. The summed E-state index contributed by atoms with van der Waals surface area (Å²) in [6.45, 7) is 2.41. The number of aromatic carboxylic acids is 1. The van der Waals surface area contributed by atoms with E-state index >= 15 is 0 Å². The highest BCUT2D eigenvalue weighted by Crippen LogP contribution is 2.15. The zero-order valence-corrected chi connectivity index (χ0v) is 13.6. The first kappa shape index (κ1) is 16.4. The molecule has 0 unspecified atom stereocenters. The van der Waals surface area contributed by atoms with Crippen LogP contribution in [0.4, 0.5) is 5.69 Å². The molecule has 126 valence electrons. The number of carboxylic acids is 1. The third-order valence-electron chi connectivity index (χ3n) is 3.89. The Morgan fingerprint density at radius 1 is 1.12 bits per heavy atom. The van der Waals surface area contributed by atoms with Gasteiger partial charge in [0.1, 0.15) is 0 Å². The first-order valence-electron chi connectivity index (χ1n) is 7.75. The van der Waals surface area contributed by atoms with Crippen LogP contribution in [0.15, 0.2) is 60.8 Å². The molecular weight excluding hydrogens is 318 g/mol. The minimum atomic E-state index is -1.04. The van der Waals surface area contributed by atoms with Crippen molar-refractivity contribution in [2.45, 2.75) is 13.5 Å². The third kappa shape index (κ3) is 3.74. The first-order valence-corrected chi connectivity index (χ1v) is 7.75. The van der Waals surface area contributed by atoms with Crippen molar-refractivity contribution in [1.82, 2.24) is 9.78 Å². The molecule has 0 aliphatic heterocycles. The van der Waals surface area contributed by atoms with Crippen LogP contribution >= 0.6 is 0 Å². The van der Waals surface area contributed by atoms with Crippen molar-refractivity contribution in [2.24, 2.45) is 0 Å². The molecule has 0 atom stereocenters. The molecule has 0 aliphatic rings. The van der Waals surface area contributed by atoms with Crippen LogP contribution in [0.5, 0.6) is 0 Å². The number of benzene rings is 2. The van der Waals surface area contributed by atoms with Gasteiger partial charge in [-0.15, -0.1) is 0 Å². The summed E-state index contributed by atoms with van der Waals surface area (Å²) in [5, 5.41) is 16.0. The smallest absolute Gasteiger partial charge is 0.335 e.